The van der Waals surface area contributed by atoms with Crippen molar-refractivity contribution in [3.05, 3.63) is 29.3 Å². The normalized spacial score (nSPS) is 11.8. The molecule has 19 heavy (non-hydrogen) atoms. The van der Waals surface area contributed by atoms with Crippen molar-refractivity contribution in [2.75, 3.05) is 18.6 Å². The Morgan fingerprint density at radius 2 is 2.05 bits per heavy atom. The fraction of sp³-hybridized carbons (Fsp3) is 0.455. The van der Waals surface area contributed by atoms with Gasteiger partial charge in [0.25, 0.3) is 0 Å². The Labute approximate surface area is 115 Å². The lowest BCUT2D eigenvalue weighted by Gasteiger charge is -2.09. The Morgan fingerprint density at radius 3 is 2.63 bits per heavy atom. The van der Waals surface area contributed by atoms with E-state index in [-0.39, 0.29) is 12.1 Å². The molecule has 1 aromatic carbocycles. The Kier molecular flexibility index (Phi) is 6.18. The summed E-state index contributed by atoms with van der Waals surface area (Å²) >= 11 is 1.56. The van der Waals surface area contributed by atoms with Crippen LogP contribution >= 0.6 is 11.8 Å². The summed E-state index contributed by atoms with van der Waals surface area (Å²) in [7, 11) is -4.11. The zero-order valence-electron chi connectivity index (χ0n) is 10.3. The second kappa shape index (κ2) is 7.18. The fourth-order valence-electron chi connectivity index (χ4n) is 1.40. The summed E-state index contributed by atoms with van der Waals surface area (Å²) in [5.74, 6) is -1.97. The van der Waals surface area contributed by atoms with Crippen LogP contribution in [0.4, 0.5) is 8.78 Å². The highest BCUT2D eigenvalue weighted by Crippen LogP contribution is 2.19. The second-order valence-corrected chi connectivity index (χ2v) is 6.51. The molecular formula is C11H15F2NO3S2. The molecule has 0 saturated carbocycles. The monoisotopic (exact) mass is 311 g/mol. The van der Waals surface area contributed by atoms with E-state index in [9.17, 15) is 17.2 Å². The predicted molar refractivity (Wildman–Crippen MR) is 70.5 cm³/mol. The Hall–Kier alpha value is -0.700. The lowest BCUT2D eigenvalue weighted by Crippen LogP contribution is -2.26. The summed E-state index contributed by atoms with van der Waals surface area (Å²) < 4.78 is 52.6. The highest BCUT2D eigenvalue weighted by molar-refractivity contribution is 7.98. The van der Waals surface area contributed by atoms with Gasteiger partial charge in [0.1, 0.15) is 4.90 Å². The highest BCUT2D eigenvalue weighted by atomic mass is 32.2. The van der Waals surface area contributed by atoms with Crippen LogP contribution in [0, 0.1) is 11.6 Å². The maximum absolute atomic E-state index is 13.5. The van der Waals surface area contributed by atoms with E-state index >= 15 is 0 Å². The van der Waals surface area contributed by atoms with E-state index in [0.29, 0.717) is 6.42 Å². The van der Waals surface area contributed by atoms with Crippen LogP contribution in [-0.4, -0.2) is 32.1 Å². The SMILES string of the molecule is CSCCCNS(=O)(=O)c1cc(CO)cc(F)c1F. The molecule has 0 heterocycles. The first kappa shape index (κ1) is 16.4. The molecule has 4 nitrogen and oxygen atoms in total. The molecule has 0 fully saturated rings. The zero-order chi connectivity index (χ0) is 14.5. The number of hydrogen-bond acceptors (Lipinski definition) is 4. The molecule has 0 atom stereocenters. The van der Waals surface area contributed by atoms with E-state index in [4.69, 9.17) is 5.11 Å². The summed E-state index contributed by atoms with van der Waals surface area (Å²) in [5.41, 5.74) is 0.00314. The minimum Gasteiger partial charge on any atom is -0.392 e. The van der Waals surface area contributed by atoms with E-state index in [2.05, 4.69) is 4.72 Å². The van der Waals surface area contributed by atoms with Crippen LogP contribution in [0.25, 0.3) is 0 Å². The Bertz CT molecular complexity index is 535. The van der Waals surface area contributed by atoms with E-state index in [1.807, 2.05) is 6.26 Å². The van der Waals surface area contributed by atoms with Gasteiger partial charge in [-0.1, -0.05) is 0 Å². The molecule has 0 aromatic heterocycles. The summed E-state index contributed by atoms with van der Waals surface area (Å²) in [4.78, 5) is -0.777. The first-order valence-electron chi connectivity index (χ1n) is 5.49. The maximum atomic E-state index is 13.5. The van der Waals surface area contributed by atoms with Crippen molar-refractivity contribution in [2.24, 2.45) is 0 Å². The lowest BCUT2D eigenvalue weighted by molar-refractivity contribution is 0.280. The van der Waals surface area contributed by atoms with E-state index in [0.717, 1.165) is 17.9 Å². The molecular weight excluding hydrogens is 296 g/mol. The molecule has 0 aliphatic heterocycles. The molecule has 1 rings (SSSR count). The number of hydrogen-bond donors (Lipinski definition) is 2. The number of sulfonamides is 1. The third-order valence-electron chi connectivity index (χ3n) is 2.34. The summed E-state index contributed by atoms with van der Waals surface area (Å²) in [6, 6.07) is 1.69. The van der Waals surface area contributed by atoms with Gasteiger partial charge < -0.3 is 5.11 Å². The average Bonchev–Trinajstić information content (AvgIpc) is 2.37. The van der Waals surface area contributed by atoms with Gasteiger partial charge in [-0.05, 0) is 36.1 Å². The van der Waals surface area contributed by atoms with Crippen molar-refractivity contribution in [2.45, 2.75) is 17.9 Å². The first-order chi connectivity index (χ1) is 8.92. The Balaban J connectivity index is 2.97. The molecule has 0 bridgehead atoms. The molecule has 1 aromatic rings. The van der Waals surface area contributed by atoms with Crippen LogP contribution in [0.2, 0.25) is 0 Å². The number of halogens is 2. The topological polar surface area (TPSA) is 66.4 Å². The van der Waals surface area contributed by atoms with Crippen molar-refractivity contribution >= 4 is 21.8 Å². The minimum absolute atomic E-state index is 0.00314. The van der Waals surface area contributed by atoms with Crippen molar-refractivity contribution in [1.29, 1.82) is 0 Å². The molecule has 0 radical (unpaired) electrons. The van der Waals surface area contributed by atoms with Crippen molar-refractivity contribution in [1.82, 2.24) is 4.72 Å². The molecule has 0 amide bonds. The predicted octanol–water partition coefficient (Wildman–Crippen LogP) is 1.49. The van der Waals surface area contributed by atoms with Gasteiger partial charge in [0, 0.05) is 6.54 Å². The number of thioether (sulfide) groups is 1. The first-order valence-corrected chi connectivity index (χ1v) is 8.37. The third kappa shape index (κ3) is 4.41. The van der Waals surface area contributed by atoms with Crippen LogP contribution in [0.15, 0.2) is 17.0 Å². The summed E-state index contributed by atoms with van der Waals surface area (Å²) in [6.45, 7) is -0.417. The molecule has 0 aliphatic carbocycles. The van der Waals surface area contributed by atoms with E-state index in [1.165, 1.54) is 0 Å². The van der Waals surface area contributed by atoms with Gasteiger partial charge >= 0.3 is 0 Å². The van der Waals surface area contributed by atoms with Crippen LogP contribution in [-0.2, 0) is 16.6 Å². The Morgan fingerprint density at radius 1 is 1.37 bits per heavy atom. The number of rotatable bonds is 7. The maximum Gasteiger partial charge on any atom is 0.243 e. The largest absolute Gasteiger partial charge is 0.392 e. The number of aliphatic hydroxyl groups excluding tert-OH is 1. The standard InChI is InChI=1S/C11H15F2NO3S2/c1-18-4-2-3-14-19(16,17)10-6-8(7-15)5-9(12)11(10)13/h5-6,14-15H,2-4,7H2,1H3. The van der Waals surface area contributed by atoms with E-state index < -0.39 is 33.2 Å². The van der Waals surface area contributed by atoms with Crippen molar-refractivity contribution in [3.8, 4) is 0 Å². The number of benzene rings is 1. The van der Waals surface area contributed by atoms with E-state index in [1.54, 1.807) is 11.8 Å². The third-order valence-corrected chi connectivity index (χ3v) is 4.50. The summed E-state index contributed by atoms with van der Waals surface area (Å²) in [5, 5.41) is 8.88. The van der Waals surface area contributed by atoms with Crippen LogP contribution in [0.5, 0.6) is 0 Å². The minimum atomic E-state index is -4.11. The van der Waals surface area contributed by atoms with Gasteiger partial charge in [-0.25, -0.2) is 21.9 Å². The molecule has 108 valence electrons. The molecule has 0 saturated heterocycles. The van der Waals surface area contributed by atoms with Crippen LogP contribution in [0.3, 0.4) is 0 Å². The van der Waals surface area contributed by atoms with Crippen molar-refractivity contribution in [3.63, 3.8) is 0 Å². The van der Waals surface area contributed by atoms with Crippen LogP contribution < -0.4 is 4.72 Å². The van der Waals surface area contributed by atoms with Gasteiger partial charge in [0.05, 0.1) is 6.61 Å². The van der Waals surface area contributed by atoms with Gasteiger partial charge in [0.15, 0.2) is 11.6 Å². The molecule has 0 spiro atoms. The average molecular weight is 311 g/mol. The highest BCUT2D eigenvalue weighted by Gasteiger charge is 2.22. The van der Waals surface area contributed by atoms with Gasteiger partial charge in [-0.2, -0.15) is 11.8 Å². The molecule has 0 unspecified atom stereocenters. The van der Waals surface area contributed by atoms with Gasteiger partial charge in [-0.3, -0.25) is 0 Å². The summed E-state index contributed by atoms with van der Waals surface area (Å²) in [6.07, 6.45) is 2.47. The second-order valence-electron chi connectivity index (χ2n) is 3.79. The number of aliphatic hydroxyl groups is 1. The quantitative estimate of drug-likeness (QED) is 0.749. The fourth-order valence-corrected chi connectivity index (χ4v) is 3.05. The zero-order valence-corrected chi connectivity index (χ0v) is 12.0. The molecule has 2 N–H and O–H groups in total. The molecule has 8 heteroatoms. The smallest absolute Gasteiger partial charge is 0.243 e. The lowest BCUT2D eigenvalue weighted by atomic mass is 10.2. The van der Waals surface area contributed by atoms with Gasteiger partial charge in [-0.15, -0.1) is 0 Å². The molecule has 0 aliphatic rings. The number of nitrogens with one attached hydrogen (secondary N) is 1. The van der Waals surface area contributed by atoms with Gasteiger partial charge in [0.2, 0.25) is 10.0 Å². The van der Waals surface area contributed by atoms with Crippen molar-refractivity contribution < 1.29 is 22.3 Å². The van der Waals surface area contributed by atoms with Crippen LogP contribution in [0.1, 0.15) is 12.0 Å².